The van der Waals surface area contributed by atoms with Crippen LogP contribution in [0.5, 0.6) is 0 Å². The summed E-state index contributed by atoms with van der Waals surface area (Å²) >= 11 is 0. The number of phosphoric ester groups is 1. The lowest BCUT2D eigenvalue weighted by Gasteiger charge is -2.29. The predicted octanol–water partition coefficient (Wildman–Crippen LogP) is 14.8. The normalized spacial score (nSPS) is 14.9. The van der Waals surface area contributed by atoms with Gasteiger partial charge in [0.05, 0.1) is 39.9 Å². The summed E-state index contributed by atoms with van der Waals surface area (Å²) in [5, 5.41) is 13.8. The summed E-state index contributed by atoms with van der Waals surface area (Å²) in [6.07, 6.45) is 66.1. The number of aliphatic hydroxyl groups is 1. The minimum Gasteiger partial charge on any atom is -0.756 e. The number of rotatable bonds is 46. The van der Waals surface area contributed by atoms with Gasteiger partial charge in [0.1, 0.15) is 13.2 Å². The van der Waals surface area contributed by atoms with Crippen LogP contribution in [0.4, 0.5) is 0 Å². The number of hydrogen-bond donors (Lipinski definition) is 2. The third kappa shape index (κ3) is 49.2. The van der Waals surface area contributed by atoms with E-state index in [-0.39, 0.29) is 12.5 Å². The number of nitrogens with zero attached hydrogens (tertiary/aromatic N) is 1. The monoisotopic (exact) mass is 927 g/mol. The zero-order valence-corrected chi connectivity index (χ0v) is 43.3. The molecular formula is C56H99N2O6P. The number of nitrogens with one attached hydrogen (secondary N) is 1. The zero-order chi connectivity index (χ0) is 47.8. The van der Waals surface area contributed by atoms with Crippen LogP contribution in [-0.4, -0.2) is 68.5 Å². The topological polar surface area (TPSA) is 108 Å². The van der Waals surface area contributed by atoms with Gasteiger partial charge in [-0.2, -0.15) is 0 Å². The van der Waals surface area contributed by atoms with Crippen molar-refractivity contribution in [2.75, 3.05) is 40.9 Å². The first-order valence-corrected chi connectivity index (χ1v) is 27.6. The van der Waals surface area contributed by atoms with Gasteiger partial charge < -0.3 is 28.8 Å². The molecule has 3 unspecified atom stereocenters. The molecule has 9 heteroatoms. The van der Waals surface area contributed by atoms with E-state index < -0.39 is 26.6 Å². The van der Waals surface area contributed by atoms with E-state index >= 15 is 0 Å². The van der Waals surface area contributed by atoms with E-state index in [2.05, 4.69) is 104 Å². The number of likely N-dealkylation sites (N-methyl/N-ethyl adjacent to an activating group) is 1. The molecule has 0 rings (SSSR count). The highest BCUT2D eigenvalue weighted by Crippen LogP contribution is 2.38. The first-order valence-electron chi connectivity index (χ1n) is 26.1. The van der Waals surface area contributed by atoms with Crippen LogP contribution in [0.2, 0.25) is 0 Å². The fourth-order valence-corrected chi connectivity index (χ4v) is 7.64. The minimum absolute atomic E-state index is 0.0166. The van der Waals surface area contributed by atoms with Gasteiger partial charge in [0.25, 0.3) is 7.82 Å². The number of unbranched alkanes of at least 4 members (excludes halogenated alkanes) is 19. The van der Waals surface area contributed by atoms with Gasteiger partial charge in [0.2, 0.25) is 5.91 Å². The van der Waals surface area contributed by atoms with E-state index in [1.807, 2.05) is 27.2 Å². The first kappa shape index (κ1) is 62.4. The number of amides is 1. The molecule has 65 heavy (non-hydrogen) atoms. The maximum Gasteiger partial charge on any atom is 0.268 e. The summed E-state index contributed by atoms with van der Waals surface area (Å²) in [6, 6.07) is -0.923. The van der Waals surface area contributed by atoms with Crippen LogP contribution in [0.15, 0.2) is 97.2 Å². The molecule has 374 valence electrons. The van der Waals surface area contributed by atoms with Crippen LogP contribution in [0.25, 0.3) is 0 Å². The van der Waals surface area contributed by atoms with Crippen molar-refractivity contribution in [1.29, 1.82) is 0 Å². The van der Waals surface area contributed by atoms with Gasteiger partial charge in [0, 0.05) is 6.42 Å². The summed E-state index contributed by atoms with van der Waals surface area (Å²) in [7, 11) is 1.21. The molecule has 3 atom stereocenters. The molecule has 0 aromatic rings. The largest absolute Gasteiger partial charge is 0.756 e. The third-order valence-corrected chi connectivity index (χ3v) is 12.0. The number of carbonyl (C=O) groups excluding carboxylic acids is 1. The lowest BCUT2D eigenvalue weighted by molar-refractivity contribution is -0.870. The van der Waals surface area contributed by atoms with Gasteiger partial charge in [-0.3, -0.25) is 9.36 Å². The maximum atomic E-state index is 12.9. The van der Waals surface area contributed by atoms with Crippen LogP contribution in [0.3, 0.4) is 0 Å². The summed E-state index contributed by atoms with van der Waals surface area (Å²) in [4.78, 5) is 25.4. The standard InChI is InChI=1S/C56H99N2O6P/c1-6-8-10-12-14-16-18-20-22-24-26-28-29-30-32-34-36-38-40-42-44-46-48-50-56(60)57-54(53-64-65(61,62)63-52-51-58(3,4)5)55(59)49-47-45-43-41-39-37-35-33-31-27-25-23-21-19-17-15-13-11-9-7-2/h8,10,14,16,20,22,26,28,30-33,39,41,47,49,54-55,59H,6-7,9,11-13,15,17-19,21,23-25,27,29,34-38,40,42-46,48,50-53H2,1-5H3,(H-,57,60,61,62)/b10-8-,16-14-,22-20-,28-26-,32-30-,33-31+,41-39+,49-47+. The minimum atomic E-state index is -4.62. The SMILES string of the molecule is CC/C=C\C/C=C\C/C=C\C/C=C\C/C=C\CCCCCCCCCC(=O)NC(COP(=O)([O-])OCC[N+](C)(C)C)C(O)/C=C/CC/C=C/CC/C=C/CCCCCCCCCCCC. The number of quaternary nitrogens is 1. The van der Waals surface area contributed by atoms with Crippen molar-refractivity contribution in [2.24, 2.45) is 0 Å². The van der Waals surface area contributed by atoms with Crippen molar-refractivity contribution < 1.29 is 32.9 Å². The van der Waals surface area contributed by atoms with Crippen molar-refractivity contribution >= 4 is 13.7 Å². The Labute approximate surface area is 400 Å². The van der Waals surface area contributed by atoms with E-state index in [4.69, 9.17) is 9.05 Å². The lowest BCUT2D eigenvalue weighted by atomic mass is 10.1. The number of allylic oxidation sites excluding steroid dienone is 15. The molecule has 0 fully saturated rings. The fraction of sp³-hybridized carbons (Fsp3) is 0.696. The highest BCUT2D eigenvalue weighted by Gasteiger charge is 2.23. The molecule has 0 radical (unpaired) electrons. The van der Waals surface area contributed by atoms with Gasteiger partial charge in [-0.15, -0.1) is 0 Å². The van der Waals surface area contributed by atoms with Gasteiger partial charge in [0.15, 0.2) is 0 Å². The second kappa shape index (κ2) is 46.5. The van der Waals surface area contributed by atoms with Crippen molar-refractivity contribution in [2.45, 2.75) is 212 Å². The van der Waals surface area contributed by atoms with Crippen LogP contribution >= 0.6 is 7.82 Å². The predicted molar refractivity (Wildman–Crippen MR) is 279 cm³/mol. The highest BCUT2D eigenvalue weighted by molar-refractivity contribution is 7.45. The van der Waals surface area contributed by atoms with Crippen LogP contribution in [0, 0.1) is 0 Å². The van der Waals surface area contributed by atoms with Gasteiger partial charge >= 0.3 is 0 Å². The first-order chi connectivity index (χ1) is 31.5. The molecule has 0 heterocycles. The maximum absolute atomic E-state index is 12.9. The number of carbonyl (C=O) groups is 1. The van der Waals surface area contributed by atoms with Crippen molar-refractivity contribution in [1.82, 2.24) is 5.32 Å². The van der Waals surface area contributed by atoms with E-state index in [9.17, 15) is 19.4 Å². The molecule has 0 aliphatic rings. The van der Waals surface area contributed by atoms with Crippen molar-refractivity contribution in [3.05, 3.63) is 97.2 Å². The molecular weight excluding hydrogens is 828 g/mol. The molecule has 0 aromatic heterocycles. The quantitative estimate of drug-likeness (QED) is 0.0272. The van der Waals surface area contributed by atoms with E-state index in [0.717, 1.165) is 89.9 Å². The summed E-state index contributed by atoms with van der Waals surface area (Å²) in [6.45, 7) is 4.48. The van der Waals surface area contributed by atoms with E-state index in [0.29, 0.717) is 17.4 Å². The van der Waals surface area contributed by atoms with Gasteiger partial charge in [-0.25, -0.2) is 0 Å². The summed E-state index contributed by atoms with van der Waals surface area (Å²) in [5.41, 5.74) is 0. The Morgan fingerprint density at radius 2 is 0.954 bits per heavy atom. The molecule has 8 nitrogen and oxygen atoms in total. The van der Waals surface area contributed by atoms with Gasteiger partial charge in [-0.05, 0) is 89.9 Å². The lowest BCUT2D eigenvalue weighted by Crippen LogP contribution is -2.45. The van der Waals surface area contributed by atoms with Crippen molar-refractivity contribution in [3.8, 4) is 0 Å². The Morgan fingerprint density at radius 3 is 1.43 bits per heavy atom. The summed E-state index contributed by atoms with van der Waals surface area (Å²) < 4.78 is 23.3. The Hall–Kier alpha value is -2.58. The molecule has 0 bridgehead atoms. The molecule has 0 saturated heterocycles. The van der Waals surface area contributed by atoms with Crippen LogP contribution < -0.4 is 10.2 Å². The molecule has 0 aromatic carbocycles. The van der Waals surface area contributed by atoms with E-state index in [1.165, 1.54) is 89.9 Å². The molecule has 0 aliphatic carbocycles. The Bertz CT molecular complexity index is 1370. The molecule has 0 saturated carbocycles. The molecule has 1 amide bonds. The van der Waals surface area contributed by atoms with Crippen LogP contribution in [0.1, 0.15) is 200 Å². The smallest absolute Gasteiger partial charge is 0.268 e. The number of hydrogen-bond acceptors (Lipinski definition) is 6. The highest BCUT2D eigenvalue weighted by atomic mass is 31.2. The molecule has 0 spiro atoms. The second-order valence-corrected chi connectivity index (χ2v) is 19.9. The van der Waals surface area contributed by atoms with Crippen molar-refractivity contribution in [3.63, 3.8) is 0 Å². The average Bonchev–Trinajstić information content (AvgIpc) is 3.26. The Balaban J connectivity index is 4.42. The third-order valence-electron chi connectivity index (χ3n) is 11.0. The zero-order valence-electron chi connectivity index (χ0n) is 42.4. The number of phosphoric acid groups is 1. The van der Waals surface area contributed by atoms with Crippen LogP contribution in [-0.2, 0) is 18.4 Å². The Morgan fingerprint density at radius 1 is 0.554 bits per heavy atom. The molecule has 0 aliphatic heterocycles. The second-order valence-electron chi connectivity index (χ2n) is 18.5. The van der Waals surface area contributed by atoms with E-state index in [1.54, 1.807) is 6.08 Å². The number of aliphatic hydroxyl groups excluding tert-OH is 1. The summed E-state index contributed by atoms with van der Waals surface area (Å²) in [5.74, 6) is -0.227. The average molecular weight is 927 g/mol. The molecule has 2 N–H and O–H groups in total. The van der Waals surface area contributed by atoms with Gasteiger partial charge in [-0.1, -0.05) is 201 Å². The fourth-order valence-electron chi connectivity index (χ4n) is 6.92. The Kier molecular flexibility index (Phi) is 44.7.